The molecular weight excluding hydrogens is 184 g/mol. The molecule has 2 nitrogen and oxygen atoms in total. The van der Waals surface area contributed by atoms with Crippen LogP contribution in [0.2, 0.25) is 0 Å². The first kappa shape index (κ1) is 9.71. The van der Waals surface area contributed by atoms with E-state index in [-0.39, 0.29) is 0 Å². The van der Waals surface area contributed by atoms with Crippen LogP contribution in [0.1, 0.15) is 5.56 Å². The average molecular weight is 198 g/mol. The summed E-state index contributed by atoms with van der Waals surface area (Å²) < 4.78 is 1.94. The summed E-state index contributed by atoms with van der Waals surface area (Å²) in [6.45, 7) is 10.4. The van der Waals surface area contributed by atoms with Crippen LogP contribution in [0.5, 0.6) is 0 Å². The van der Waals surface area contributed by atoms with E-state index >= 15 is 0 Å². The molecule has 0 aliphatic rings. The minimum atomic E-state index is 0.704. The second-order valence-corrected chi connectivity index (χ2v) is 3.73. The number of aromatic nitrogens is 2. The van der Waals surface area contributed by atoms with Gasteiger partial charge in [0.05, 0.1) is 18.3 Å². The lowest BCUT2D eigenvalue weighted by atomic mass is 10.2. The van der Waals surface area contributed by atoms with Gasteiger partial charge in [0, 0.05) is 5.39 Å². The van der Waals surface area contributed by atoms with E-state index in [1.54, 1.807) is 6.08 Å². The van der Waals surface area contributed by atoms with E-state index in [0.29, 0.717) is 6.54 Å². The first-order valence-electron chi connectivity index (χ1n) is 4.93. The Morgan fingerprint density at radius 2 is 2.33 bits per heavy atom. The predicted molar refractivity (Wildman–Crippen MR) is 63.8 cm³/mol. The molecule has 2 aromatic rings. The highest BCUT2D eigenvalue weighted by Crippen LogP contribution is 2.16. The molecule has 1 aromatic carbocycles. The summed E-state index contributed by atoms with van der Waals surface area (Å²) in [4.78, 5) is 0. The monoisotopic (exact) mass is 198 g/mol. The van der Waals surface area contributed by atoms with Gasteiger partial charge in [0.15, 0.2) is 0 Å². The van der Waals surface area contributed by atoms with Crippen LogP contribution in [0.15, 0.2) is 49.2 Å². The summed E-state index contributed by atoms with van der Waals surface area (Å²) >= 11 is 0. The summed E-state index contributed by atoms with van der Waals surface area (Å²) in [5, 5.41) is 5.51. The highest BCUT2D eigenvalue weighted by molar-refractivity contribution is 5.79. The standard InChI is InChI=1S/C13H14N2/c1-4-10(2)9-15-13-6-5-11(3)7-12(13)8-14-15/h4-8H,1-2,9H2,3H3. The number of fused-ring (bicyclic) bond motifs is 1. The van der Waals surface area contributed by atoms with Gasteiger partial charge in [-0.3, -0.25) is 4.68 Å². The fourth-order valence-corrected chi connectivity index (χ4v) is 1.59. The van der Waals surface area contributed by atoms with Crippen LogP contribution in [-0.4, -0.2) is 9.78 Å². The van der Waals surface area contributed by atoms with Crippen molar-refractivity contribution in [3.8, 4) is 0 Å². The Labute approximate surface area is 89.5 Å². The molecule has 0 spiro atoms. The molecule has 0 aliphatic carbocycles. The zero-order valence-corrected chi connectivity index (χ0v) is 8.90. The van der Waals surface area contributed by atoms with Crippen LogP contribution in [-0.2, 0) is 6.54 Å². The third-order valence-electron chi connectivity index (χ3n) is 2.44. The molecule has 2 heteroatoms. The second kappa shape index (κ2) is 3.73. The highest BCUT2D eigenvalue weighted by atomic mass is 15.3. The normalized spacial score (nSPS) is 10.5. The van der Waals surface area contributed by atoms with Crippen molar-refractivity contribution in [2.75, 3.05) is 0 Å². The minimum absolute atomic E-state index is 0.704. The van der Waals surface area contributed by atoms with Gasteiger partial charge in [-0.15, -0.1) is 0 Å². The third kappa shape index (κ3) is 1.84. The molecular formula is C13H14N2. The fourth-order valence-electron chi connectivity index (χ4n) is 1.59. The van der Waals surface area contributed by atoms with Gasteiger partial charge in [-0.2, -0.15) is 5.10 Å². The van der Waals surface area contributed by atoms with E-state index in [1.165, 1.54) is 10.9 Å². The van der Waals surface area contributed by atoms with Crippen molar-refractivity contribution in [2.24, 2.45) is 0 Å². The minimum Gasteiger partial charge on any atom is -0.260 e. The quantitative estimate of drug-likeness (QED) is 0.693. The number of allylic oxidation sites excluding steroid dienone is 2. The Morgan fingerprint density at radius 3 is 3.07 bits per heavy atom. The molecule has 0 unspecified atom stereocenters. The Kier molecular flexibility index (Phi) is 2.42. The zero-order valence-electron chi connectivity index (χ0n) is 8.90. The molecule has 0 bridgehead atoms. The van der Waals surface area contributed by atoms with E-state index < -0.39 is 0 Å². The van der Waals surface area contributed by atoms with Gasteiger partial charge in [0.2, 0.25) is 0 Å². The van der Waals surface area contributed by atoms with E-state index in [9.17, 15) is 0 Å². The lowest BCUT2D eigenvalue weighted by Crippen LogP contribution is -2.00. The summed E-state index contributed by atoms with van der Waals surface area (Å²) in [6, 6.07) is 6.32. The van der Waals surface area contributed by atoms with Gasteiger partial charge in [-0.1, -0.05) is 30.9 Å². The molecule has 0 atom stereocenters. The maximum atomic E-state index is 4.33. The molecule has 1 heterocycles. The van der Waals surface area contributed by atoms with Crippen LogP contribution in [0.4, 0.5) is 0 Å². The van der Waals surface area contributed by atoms with Crippen molar-refractivity contribution < 1.29 is 0 Å². The smallest absolute Gasteiger partial charge is 0.0686 e. The van der Waals surface area contributed by atoms with Gasteiger partial charge in [-0.05, 0) is 24.6 Å². The number of nitrogens with zero attached hydrogens (tertiary/aromatic N) is 2. The van der Waals surface area contributed by atoms with Gasteiger partial charge >= 0.3 is 0 Å². The first-order valence-corrected chi connectivity index (χ1v) is 4.93. The van der Waals surface area contributed by atoms with E-state index in [2.05, 4.69) is 43.4 Å². The Morgan fingerprint density at radius 1 is 1.53 bits per heavy atom. The SMILES string of the molecule is C=CC(=C)Cn1ncc2cc(C)ccc21. The summed E-state index contributed by atoms with van der Waals surface area (Å²) in [5.74, 6) is 0. The van der Waals surface area contributed by atoms with Crippen LogP contribution in [0, 0.1) is 6.92 Å². The van der Waals surface area contributed by atoms with Gasteiger partial charge in [-0.25, -0.2) is 0 Å². The summed E-state index contributed by atoms with van der Waals surface area (Å²) in [6.07, 6.45) is 3.65. The summed E-state index contributed by atoms with van der Waals surface area (Å²) in [5.41, 5.74) is 3.37. The van der Waals surface area contributed by atoms with Crippen molar-refractivity contribution in [1.29, 1.82) is 0 Å². The summed E-state index contributed by atoms with van der Waals surface area (Å²) in [7, 11) is 0. The second-order valence-electron chi connectivity index (χ2n) is 3.73. The third-order valence-corrected chi connectivity index (χ3v) is 2.44. The van der Waals surface area contributed by atoms with Crippen LogP contribution in [0.3, 0.4) is 0 Å². The van der Waals surface area contributed by atoms with E-state index in [4.69, 9.17) is 0 Å². The molecule has 0 amide bonds. The van der Waals surface area contributed by atoms with Gasteiger partial charge in [0.1, 0.15) is 0 Å². The molecule has 0 saturated heterocycles. The lowest BCUT2D eigenvalue weighted by Gasteiger charge is -2.03. The molecule has 0 fully saturated rings. The number of hydrogen-bond acceptors (Lipinski definition) is 1. The number of aryl methyl sites for hydroxylation is 1. The zero-order chi connectivity index (χ0) is 10.8. The highest BCUT2D eigenvalue weighted by Gasteiger charge is 2.02. The maximum Gasteiger partial charge on any atom is 0.0686 e. The van der Waals surface area contributed by atoms with Crippen molar-refractivity contribution >= 4 is 10.9 Å². The topological polar surface area (TPSA) is 17.8 Å². The Hall–Kier alpha value is -1.83. The Balaban J connectivity index is 2.45. The van der Waals surface area contributed by atoms with Crippen molar-refractivity contribution in [1.82, 2.24) is 9.78 Å². The van der Waals surface area contributed by atoms with Gasteiger partial charge < -0.3 is 0 Å². The molecule has 0 aliphatic heterocycles. The number of hydrogen-bond donors (Lipinski definition) is 0. The maximum absolute atomic E-state index is 4.33. The molecule has 0 N–H and O–H groups in total. The molecule has 76 valence electrons. The number of rotatable bonds is 3. The first-order chi connectivity index (χ1) is 7.20. The molecule has 15 heavy (non-hydrogen) atoms. The average Bonchev–Trinajstić information content (AvgIpc) is 2.60. The number of benzene rings is 1. The Bertz CT molecular complexity index is 520. The molecule has 1 aromatic heterocycles. The lowest BCUT2D eigenvalue weighted by molar-refractivity contribution is 0.713. The largest absolute Gasteiger partial charge is 0.260 e. The van der Waals surface area contributed by atoms with Crippen molar-refractivity contribution in [3.63, 3.8) is 0 Å². The molecule has 2 rings (SSSR count). The molecule has 0 radical (unpaired) electrons. The van der Waals surface area contributed by atoms with Crippen molar-refractivity contribution in [2.45, 2.75) is 13.5 Å². The van der Waals surface area contributed by atoms with Crippen LogP contribution < -0.4 is 0 Å². The van der Waals surface area contributed by atoms with Gasteiger partial charge in [0.25, 0.3) is 0 Å². The van der Waals surface area contributed by atoms with Crippen molar-refractivity contribution in [3.05, 3.63) is 54.8 Å². The van der Waals surface area contributed by atoms with Crippen LogP contribution in [0.25, 0.3) is 10.9 Å². The molecule has 0 saturated carbocycles. The van der Waals surface area contributed by atoms with Crippen LogP contribution >= 0.6 is 0 Å². The van der Waals surface area contributed by atoms with E-state index in [1.807, 2.05) is 10.9 Å². The predicted octanol–water partition coefficient (Wildman–Crippen LogP) is 3.09. The van der Waals surface area contributed by atoms with E-state index in [0.717, 1.165) is 11.1 Å². The fraction of sp³-hybridized carbons (Fsp3) is 0.154.